The van der Waals surface area contributed by atoms with Crippen LogP contribution in [0.2, 0.25) is 0 Å². The number of benzene rings is 1. The summed E-state index contributed by atoms with van der Waals surface area (Å²) in [5, 5.41) is 5.54. The summed E-state index contributed by atoms with van der Waals surface area (Å²) in [5.74, 6) is 0.0892. The number of rotatable bonds is 6. The molecule has 0 aliphatic heterocycles. The average molecular weight is 278 g/mol. The molecule has 0 bridgehead atoms. The second-order valence-corrected chi connectivity index (χ2v) is 4.87. The van der Waals surface area contributed by atoms with Gasteiger partial charge < -0.3 is 15.4 Å². The van der Waals surface area contributed by atoms with Gasteiger partial charge in [0.15, 0.2) is 0 Å². The Morgan fingerprint density at radius 3 is 2.35 bits per heavy atom. The Morgan fingerprint density at radius 1 is 1.15 bits per heavy atom. The largest absolute Gasteiger partial charge is 0.462 e. The lowest BCUT2D eigenvalue weighted by molar-refractivity contribution is 0.0526. The van der Waals surface area contributed by atoms with Crippen molar-refractivity contribution < 1.29 is 14.3 Å². The van der Waals surface area contributed by atoms with Crippen molar-refractivity contribution in [2.75, 3.05) is 13.2 Å². The van der Waals surface area contributed by atoms with Crippen molar-refractivity contribution in [3.8, 4) is 0 Å². The van der Waals surface area contributed by atoms with E-state index in [1.807, 2.05) is 13.8 Å². The number of amides is 2. The van der Waals surface area contributed by atoms with E-state index in [1.165, 1.54) is 0 Å². The van der Waals surface area contributed by atoms with Crippen molar-refractivity contribution in [1.82, 2.24) is 10.6 Å². The van der Waals surface area contributed by atoms with Crippen LogP contribution in [0.25, 0.3) is 0 Å². The standard InChI is InChI=1S/C15H22N2O3/c1-4-20-14(18)13-7-5-12(6-8-13)10-17-15(19)16-9-11(2)3/h5-8,11H,4,9-10H2,1-3H3,(H2,16,17,19). The van der Waals surface area contributed by atoms with Gasteiger partial charge in [-0.15, -0.1) is 0 Å². The summed E-state index contributed by atoms with van der Waals surface area (Å²) >= 11 is 0. The van der Waals surface area contributed by atoms with E-state index in [0.717, 1.165) is 5.56 Å². The molecule has 0 saturated carbocycles. The molecule has 0 spiro atoms. The van der Waals surface area contributed by atoms with E-state index in [0.29, 0.717) is 31.2 Å². The normalized spacial score (nSPS) is 10.2. The molecule has 0 aliphatic carbocycles. The Balaban J connectivity index is 2.42. The Kier molecular flexibility index (Phi) is 6.56. The highest BCUT2D eigenvalue weighted by atomic mass is 16.5. The van der Waals surface area contributed by atoms with E-state index in [4.69, 9.17) is 4.74 Å². The van der Waals surface area contributed by atoms with Crippen LogP contribution in [-0.2, 0) is 11.3 Å². The quantitative estimate of drug-likeness (QED) is 0.785. The van der Waals surface area contributed by atoms with E-state index in [1.54, 1.807) is 31.2 Å². The number of carbonyl (C=O) groups is 2. The number of nitrogens with one attached hydrogen (secondary N) is 2. The van der Waals surface area contributed by atoms with Gasteiger partial charge in [0.05, 0.1) is 12.2 Å². The van der Waals surface area contributed by atoms with Crippen LogP contribution >= 0.6 is 0 Å². The van der Waals surface area contributed by atoms with E-state index in [2.05, 4.69) is 10.6 Å². The van der Waals surface area contributed by atoms with E-state index in [9.17, 15) is 9.59 Å². The van der Waals surface area contributed by atoms with Crippen molar-refractivity contribution in [3.63, 3.8) is 0 Å². The second kappa shape index (κ2) is 8.19. The van der Waals surface area contributed by atoms with Crippen LogP contribution in [0.4, 0.5) is 4.79 Å². The van der Waals surface area contributed by atoms with Crippen molar-refractivity contribution in [3.05, 3.63) is 35.4 Å². The minimum absolute atomic E-state index is 0.187. The zero-order valence-corrected chi connectivity index (χ0v) is 12.2. The number of ether oxygens (including phenoxy) is 1. The predicted molar refractivity (Wildman–Crippen MR) is 77.5 cm³/mol. The molecular weight excluding hydrogens is 256 g/mol. The van der Waals surface area contributed by atoms with E-state index >= 15 is 0 Å². The first-order chi connectivity index (χ1) is 9.52. The molecule has 20 heavy (non-hydrogen) atoms. The van der Waals surface area contributed by atoms with Crippen LogP contribution < -0.4 is 10.6 Å². The lowest BCUT2D eigenvalue weighted by Crippen LogP contribution is -2.36. The molecule has 1 aromatic carbocycles. The van der Waals surface area contributed by atoms with Gasteiger partial charge in [-0.3, -0.25) is 0 Å². The molecule has 5 nitrogen and oxygen atoms in total. The first kappa shape index (κ1) is 16.0. The minimum Gasteiger partial charge on any atom is -0.462 e. The predicted octanol–water partition coefficient (Wildman–Crippen LogP) is 2.32. The minimum atomic E-state index is -0.332. The van der Waals surface area contributed by atoms with Crippen molar-refractivity contribution >= 4 is 12.0 Å². The maximum absolute atomic E-state index is 11.5. The molecule has 2 amide bonds. The molecule has 0 aromatic heterocycles. The molecule has 0 radical (unpaired) electrons. The molecule has 5 heteroatoms. The third-order valence-electron chi connectivity index (χ3n) is 2.59. The molecule has 110 valence electrons. The van der Waals surface area contributed by atoms with Gasteiger partial charge in [0.1, 0.15) is 0 Å². The second-order valence-electron chi connectivity index (χ2n) is 4.87. The fourth-order valence-electron chi connectivity index (χ4n) is 1.51. The fourth-order valence-corrected chi connectivity index (χ4v) is 1.51. The molecular formula is C15H22N2O3. The van der Waals surface area contributed by atoms with Gasteiger partial charge in [0, 0.05) is 13.1 Å². The first-order valence-corrected chi connectivity index (χ1v) is 6.80. The van der Waals surface area contributed by atoms with Gasteiger partial charge in [-0.25, -0.2) is 9.59 Å². The zero-order chi connectivity index (χ0) is 15.0. The topological polar surface area (TPSA) is 67.4 Å². The summed E-state index contributed by atoms with van der Waals surface area (Å²) in [6, 6.07) is 6.81. The van der Waals surface area contributed by atoms with Crippen LogP contribution in [0.3, 0.4) is 0 Å². The fraction of sp³-hybridized carbons (Fsp3) is 0.467. The summed E-state index contributed by atoms with van der Waals surface area (Å²) in [6.07, 6.45) is 0. The number of hydrogen-bond donors (Lipinski definition) is 2. The van der Waals surface area contributed by atoms with Gasteiger partial charge in [-0.05, 0) is 30.5 Å². The lowest BCUT2D eigenvalue weighted by Gasteiger charge is -2.09. The summed E-state index contributed by atoms with van der Waals surface area (Å²) in [6.45, 7) is 7.27. The molecule has 0 aliphatic rings. The highest BCUT2D eigenvalue weighted by Crippen LogP contribution is 2.06. The monoisotopic (exact) mass is 278 g/mol. The molecule has 0 unspecified atom stereocenters. The highest BCUT2D eigenvalue weighted by Gasteiger charge is 2.06. The Bertz CT molecular complexity index is 441. The molecule has 0 saturated heterocycles. The average Bonchev–Trinajstić information content (AvgIpc) is 2.43. The van der Waals surface area contributed by atoms with Crippen LogP contribution in [0.1, 0.15) is 36.7 Å². The lowest BCUT2D eigenvalue weighted by atomic mass is 10.1. The third-order valence-corrected chi connectivity index (χ3v) is 2.59. The van der Waals surface area contributed by atoms with Gasteiger partial charge >= 0.3 is 12.0 Å². The van der Waals surface area contributed by atoms with Gasteiger partial charge in [-0.1, -0.05) is 26.0 Å². The Hall–Kier alpha value is -2.04. The molecule has 0 fully saturated rings. The number of hydrogen-bond acceptors (Lipinski definition) is 3. The summed E-state index contributed by atoms with van der Waals surface area (Å²) in [4.78, 5) is 23.0. The number of esters is 1. The SMILES string of the molecule is CCOC(=O)c1ccc(CNC(=O)NCC(C)C)cc1. The van der Waals surface area contributed by atoms with Gasteiger partial charge in [-0.2, -0.15) is 0 Å². The van der Waals surface area contributed by atoms with Crippen LogP contribution in [0.5, 0.6) is 0 Å². The summed E-state index contributed by atoms with van der Waals surface area (Å²) in [5.41, 5.74) is 1.44. The number of carbonyl (C=O) groups excluding carboxylic acids is 2. The van der Waals surface area contributed by atoms with E-state index in [-0.39, 0.29) is 12.0 Å². The van der Waals surface area contributed by atoms with Crippen molar-refractivity contribution in [1.29, 1.82) is 0 Å². The van der Waals surface area contributed by atoms with Crippen LogP contribution in [0, 0.1) is 5.92 Å². The molecule has 1 rings (SSSR count). The van der Waals surface area contributed by atoms with Crippen LogP contribution in [0.15, 0.2) is 24.3 Å². The Morgan fingerprint density at radius 2 is 1.80 bits per heavy atom. The smallest absolute Gasteiger partial charge is 0.338 e. The third kappa shape index (κ3) is 5.73. The Labute approximate surface area is 119 Å². The number of urea groups is 1. The summed E-state index contributed by atoms with van der Waals surface area (Å²) < 4.78 is 4.90. The van der Waals surface area contributed by atoms with Crippen molar-refractivity contribution in [2.24, 2.45) is 5.92 Å². The van der Waals surface area contributed by atoms with Crippen molar-refractivity contribution in [2.45, 2.75) is 27.3 Å². The van der Waals surface area contributed by atoms with Gasteiger partial charge in [0.25, 0.3) is 0 Å². The highest BCUT2D eigenvalue weighted by molar-refractivity contribution is 5.89. The molecule has 0 atom stereocenters. The van der Waals surface area contributed by atoms with E-state index < -0.39 is 0 Å². The summed E-state index contributed by atoms with van der Waals surface area (Å²) in [7, 11) is 0. The molecule has 1 aromatic rings. The maximum Gasteiger partial charge on any atom is 0.338 e. The van der Waals surface area contributed by atoms with Gasteiger partial charge in [0.2, 0.25) is 0 Å². The molecule has 0 heterocycles. The zero-order valence-electron chi connectivity index (χ0n) is 12.2. The molecule has 2 N–H and O–H groups in total. The van der Waals surface area contributed by atoms with Crippen LogP contribution in [-0.4, -0.2) is 25.2 Å². The first-order valence-electron chi connectivity index (χ1n) is 6.80. The maximum atomic E-state index is 11.5.